The molecule has 1 amide bonds. The summed E-state index contributed by atoms with van der Waals surface area (Å²) in [6.07, 6.45) is 1.09. The summed E-state index contributed by atoms with van der Waals surface area (Å²) < 4.78 is 30.8. The van der Waals surface area contributed by atoms with Crippen LogP contribution in [0.25, 0.3) is 0 Å². The molecule has 6 nitrogen and oxygen atoms in total. The number of sulfonamides is 1. The average molecular weight is 348 g/mol. The van der Waals surface area contributed by atoms with Crippen LogP contribution in [0, 0.1) is 5.92 Å². The number of nitrogens with one attached hydrogen (secondary N) is 1. The molecular weight excluding hydrogens is 328 g/mol. The van der Waals surface area contributed by atoms with Gasteiger partial charge in [-0.05, 0) is 48.7 Å². The summed E-state index contributed by atoms with van der Waals surface area (Å²) in [5.74, 6) is 1.78. The highest BCUT2D eigenvalue weighted by Gasteiger charge is 2.37. The topological polar surface area (TPSA) is 79.6 Å². The van der Waals surface area contributed by atoms with E-state index in [0.717, 1.165) is 16.5 Å². The van der Waals surface area contributed by atoms with Gasteiger partial charge in [0.15, 0.2) is 5.76 Å². The van der Waals surface area contributed by atoms with Crippen LogP contribution < -0.4 is 5.32 Å². The number of amides is 1. The molecule has 24 heavy (non-hydrogen) atoms. The van der Waals surface area contributed by atoms with Gasteiger partial charge >= 0.3 is 0 Å². The Bertz CT molecular complexity index is 853. The van der Waals surface area contributed by atoms with Crippen LogP contribution in [0.3, 0.4) is 0 Å². The first-order valence-corrected chi connectivity index (χ1v) is 9.16. The van der Waals surface area contributed by atoms with Gasteiger partial charge in [-0.15, -0.1) is 0 Å². The third-order valence-corrected chi connectivity index (χ3v) is 6.05. The fourth-order valence-electron chi connectivity index (χ4n) is 2.51. The molecule has 0 saturated heterocycles. The molecule has 1 aromatic carbocycles. The molecule has 128 valence electrons. The van der Waals surface area contributed by atoms with Crippen LogP contribution >= 0.6 is 0 Å². The van der Waals surface area contributed by atoms with Gasteiger partial charge in [0, 0.05) is 25.7 Å². The molecule has 2 atom stereocenters. The summed E-state index contributed by atoms with van der Waals surface area (Å²) in [7, 11) is -0.532. The second-order valence-corrected chi connectivity index (χ2v) is 8.44. The summed E-state index contributed by atoms with van der Waals surface area (Å²) in [6.45, 7) is 2.15. The third kappa shape index (κ3) is 3.22. The summed E-state index contributed by atoms with van der Waals surface area (Å²) in [6, 6.07) is 9.55. The van der Waals surface area contributed by atoms with Gasteiger partial charge in [0.2, 0.25) is 10.0 Å². The number of nitrogens with zero attached hydrogens (tertiary/aromatic N) is 1. The molecule has 1 saturated carbocycles. The highest BCUT2D eigenvalue weighted by Crippen LogP contribution is 2.47. The zero-order chi connectivity index (χ0) is 17.5. The van der Waals surface area contributed by atoms with Crippen molar-refractivity contribution in [1.29, 1.82) is 0 Å². The van der Waals surface area contributed by atoms with Crippen LogP contribution in [0.5, 0.6) is 0 Å². The predicted octanol–water partition coefficient (Wildman–Crippen LogP) is 2.91. The van der Waals surface area contributed by atoms with E-state index in [1.807, 2.05) is 6.07 Å². The minimum atomic E-state index is -3.48. The minimum absolute atomic E-state index is 0.175. The largest absolute Gasteiger partial charge is 0.456 e. The lowest BCUT2D eigenvalue weighted by molar-refractivity contribution is 0.0995. The molecule has 7 heteroatoms. The molecule has 1 aliphatic carbocycles. The van der Waals surface area contributed by atoms with E-state index in [-0.39, 0.29) is 16.6 Å². The van der Waals surface area contributed by atoms with Gasteiger partial charge in [-0.3, -0.25) is 4.79 Å². The number of anilines is 1. The Morgan fingerprint density at radius 3 is 2.33 bits per heavy atom. The number of carbonyl (C=O) groups is 1. The van der Waals surface area contributed by atoms with Crippen molar-refractivity contribution in [3.63, 3.8) is 0 Å². The molecule has 0 spiro atoms. The van der Waals surface area contributed by atoms with Crippen molar-refractivity contribution >= 4 is 21.6 Å². The van der Waals surface area contributed by atoms with Gasteiger partial charge in [-0.1, -0.05) is 6.92 Å². The Morgan fingerprint density at radius 2 is 1.79 bits per heavy atom. The van der Waals surface area contributed by atoms with E-state index >= 15 is 0 Å². The fraction of sp³-hybridized carbons (Fsp3) is 0.353. The standard InChI is InChI=1S/C17H20N2O4S/c1-11-10-14(11)15-8-9-16(23-15)17(20)18-12-4-6-13(7-5-12)24(21,22)19(2)3/h4-9,11,14H,10H2,1-3H3,(H,18,20). The number of benzene rings is 1. The van der Waals surface area contributed by atoms with Crippen molar-refractivity contribution < 1.29 is 17.6 Å². The van der Waals surface area contributed by atoms with Gasteiger partial charge < -0.3 is 9.73 Å². The Morgan fingerprint density at radius 1 is 1.17 bits per heavy atom. The molecule has 2 unspecified atom stereocenters. The zero-order valence-corrected chi connectivity index (χ0v) is 14.6. The van der Waals surface area contributed by atoms with Crippen LogP contribution in [0.4, 0.5) is 5.69 Å². The Balaban J connectivity index is 1.70. The van der Waals surface area contributed by atoms with Gasteiger partial charge in [-0.25, -0.2) is 12.7 Å². The Labute approximate surface area is 141 Å². The number of hydrogen-bond donors (Lipinski definition) is 1. The SMILES string of the molecule is CC1CC1c1ccc(C(=O)Nc2ccc(S(=O)(=O)N(C)C)cc2)o1. The molecular formula is C17H20N2O4S. The molecule has 2 aromatic rings. The third-order valence-electron chi connectivity index (χ3n) is 4.22. The quantitative estimate of drug-likeness (QED) is 0.901. The molecule has 0 bridgehead atoms. The average Bonchev–Trinajstić information content (AvgIpc) is 3.07. The highest BCUT2D eigenvalue weighted by atomic mass is 32.2. The van der Waals surface area contributed by atoms with Crippen LogP contribution in [-0.2, 0) is 10.0 Å². The normalized spacial score (nSPS) is 20.2. The molecule has 1 N–H and O–H groups in total. The van der Waals surface area contributed by atoms with Crippen molar-refractivity contribution in [2.24, 2.45) is 5.92 Å². The van der Waals surface area contributed by atoms with Gasteiger partial charge in [0.1, 0.15) is 5.76 Å². The number of carbonyl (C=O) groups excluding carboxylic acids is 1. The molecule has 3 rings (SSSR count). The van der Waals surface area contributed by atoms with E-state index in [0.29, 0.717) is 17.5 Å². The lowest BCUT2D eigenvalue weighted by Gasteiger charge is -2.11. The van der Waals surface area contributed by atoms with E-state index < -0.39 is 10.0 Å². The highest BCUT2D eigenvalue weighted by molar-refractivity contribution is 7.89. The van der Waals surface area contributed by atoms with Crippen molar-refractivity contribution in [2.75, 3.05) is 19.4 Å². The molecule has 1 aliphatic rings. The molecule has 1 heterocycles. The molecule has 1 fully saturated rings. The van der Waals surface area contributed by atoms with E-state index in [9.17, 15) is 13.2 Å². The molecule has 1 aromatic heterocycles. The van der Waals surface area contributed by atoms with E-state index in [2.05, 4.69) is 12.2 Å². The summed E-state index contributed by atoms with van der Waals surface area (Å²) in [4.78, 5) is 12.4. The molecule has 0 radical (unpaired) electrons. The zero-order valence-electron chi connectivity index (χ0n) is 13.8. The summed E-state index contributed by atoms with van der Waals surface area (Å²) >= 11 is 0. The number of hydrogen-bond acceptors (Lipinski definition) is 4. The van der Waals surface area contributed by atoms with Gasteiger partial charge in [0.05, 0.1) is 4.90 Å². The Kier molecular flexibility index (Phi) is 4.23. The minimum Gasteiger partial charge on any atom is -0.456 e. The predicted molar refractivity (Wildman–Crippen MR) is 90.5 cm³/mol. The summed E-state index contributed by atoms with van der Waals surface area (Å²) in [5.41, 5.74) is 0.510. The van der Waals surface area contributed by atoms with Crippen LogP contribution in [0.15, 0.2) is 45.7 Å². The molecule has 0 aliphatic heterocycles. The maximum absolute atomic E-state index is 12.2. The van der Waals surface area contributed by atoms with E-state index in [1.165, 1.54) is 26.2 Å². The van der Waals surface area contributed by atoms with Crippen molar-refractivity contribution in [3.05, 3.63) is 47.9 Å². The lowest BCUT2D eigenvalue weighted by atomic mass is 10.3. The number of rotatable bonds is 5. The van der Waals surface area contributed by atoms with E-state index in [4.69, 9.17) is 4.42 Å². The first kappa shape index (κ1) is 16.7. The number of furan rings is 1. The first-order valence-electron chi connectivity index (χ1n) is 7.72. The first-order chi connectivity index (χ1) is 11.3. The van der Waals surface area contributed by atoms with Crippen LogP contribution in [0.1, 0.15) is 35.6 Å². The van der Waals surface area contributed by atoms with Crippen molar-refractivity contribution in [2.45, 2.75) is 24.2 Å². The maximum atomic E-state index is 12.2. The van der Waals surface area contributed by atoms with Gasteiger partial charge in [0.25, 0.3) is 5.91 Å². The monoisotopic (exact) mass is 348 g/mol. The van der Waals surface area contributed by atoms with Crippen molar-refractivity contribution in [1.82, 2.24) is 4.31 Å². The Hall–Kier alpha value is -2.12. The maximum Gasteiger partial charge on any atom is 0.291 e. The second kappa shape index (κ2) is 6.07. The van der Waals surface area contributed by atoms with Gasteiger partial charge in [-0.2, -0.15) is 0 Å². The fourth-order valence-corrected chi connectivity index (χ4v) is 3.41. The smallest absolute Gasteiger partial charge is 0.291 e. The summed E-state index contributed by atoms with van der Waals surface area (Å²) in [5, 5.41) is 2.71. The van der Waals surface area contributed by atoms with Crippen LogP contribution in [0.2, 0.25) is 0 Å². The van der Waals surface area contributed by atoms with Crippen molar-refractivity contribution in [3.8, 4) is 0 Å². The lowest BCUT2D eigenvalue weighted by Crippen LogP contribution is -2.22. The van der Waals surface area contributed by atoms with E-state index in [1.54, 1.807) is 18.2 Å². The second-order valence-electron chi connectivity index (χ2n) is 6.29. The van der Waals surface area contributed by atoms with Crippen LogP contribution in [-0.4, -0.2) is 32.7 Å².